The van der Waals surface area contributed by atoms with Gasteiger partial charge in [0.2, 0.25) is 0 Å². The van der Waals surface area contributed by atoms with E-state index < -0.39 is 6.03 Å². The number of hydrazine groups is 2. The van der Waals surface area contributed by atoms with Crippen LogP contribution in [-0.4, -0.2) is 23.1 Å². The van der Waals surface area contributed by atoms with Crippen molar-refractivity contribution in [3.05, 3.63) is 65.9 Å². The summed E-state index contributed by atoms with van der Waals surface area (Å²) in [5.41, 5.74) is 5.71. The lowest BCUT2D eigenvalue weighted by atomic mass is 10.1. The highest BCUT2D eigenvalue weighted by molar-refractivity contribution is 5.91. The Bertz CT molecular complexity index is 994. The summed E-state index contributed by atoms with van der Waals surface area (Å²) < 4.78 is 11.0. The fraction of sp³-hybridized carbons (Fsp3) is 0.150. The van der Waals surface area contributed by atoms with Crippen molar-refractivity contribution in [3.63, 3.8) is 0 Å². The van der Waals surface area contributed by atoms with E-state index in [9.17, 15) is 4.79 Å². The summed E-state index contributed by atoms with van der Waals surface area (Å²) >= 11 is 0. The van der Waals surface area contributed by atoms with Crippen molar-refractivity contribution >= 4 is 11.7 Å². The van der Waals surface area contributed by atoms with Gasteiger partial charge in [-0.25, -0.2) is 26.5 Å². The van der Waals surface area contributed by atoms with Gasteiger partial charge in [-0.1, -0.05) is 12.1 Å². The maximum Gasteiger partial charge on any atom is 0.350 e. The molecule has 0 fully saturated rings. The Hall–Kier alpha value is -3.69. The molecule has 0 radical (unpaired) electrons. The van der Waals surface area contributed by atoms with Gasteiger partial charge in [0.1, 0.15) is 12.4 Å². The molecule has 1 aromatic heterocycles. The number of hydrogen-bond acceptors (Lipinski definition) is 7. The van der Waals surface area contributed by atoms with Gasteiger partial charge in [-0.15, -0.1) is 0 Å². The molecule has 1 heterocycles. The molecule has 0 aliphatic rings. The fourth-order valence-corrected chi connectivity index (χ4v) is 2.75. The Labute approximate surface area is 168 Å². The summed E-state index contributed by atoms with van der Waals surface area (Å²) in [5, 5.41) is 0.931. The van der Waals surface area contributed by atoms with Gasteiger partial charge in [-0.3, -0.25) is 5.43 Å². The molecule has 150 valence electrons. The van der Waals surface area contributed by atoms with E-state index >= 15 is 0 Å². The first-order chi connectivity index (χ1) is 14.0. The molecule has 0 aliphatic carbocycles. The van der Waals surface area contributed by atoms with E-state index in [-0.39, 0.29) is 12.6 Å². The van der Waals surface area contributed by atoms with Crippen molar-refractivity contribution < 1.29 is 14.3 Å². The number of aryl methyl sites for hydroxylation is 1. The SMILES string of the molecule is COc1ccc(-c2ccnc(OCc3c(C)cccc3N(N)C(=O)NN)n2)cc1. The summed E-state index contributed by atoms with van der Waals surface area (Å²) in [6, 6.07) is 14.3. The largest absolute Gasteiger partial charge is 0.497 e. The lowest BCUT2D eigenvalue weighted by Crippen LogP contribution is -2.48. The topological polar surface area (TPSA) is 129 Å². The highest BCUT2D eigenvalue weighted by Gasteiger charge is 2.16. The number of methoxy groups -OCH3 is 1. The zero-order chi connectivity index (χ0) is 20.8. The van der Waals surface area contributed by atoms with Gasteiger partial charge in [0, 0.05) is 17.3 Å². The average molecular weight is 394 g/mol. The Morgan fingerprint density at radius 2 is 1.93 bits per heavy atom. The third-order valence-electron chi connectivity index (χ3n) is 4.35. The number of anilines is 1. The molecule has 9 nitrogen and oxygen atoms in total. The summed E-state index contributed by atoms with van der Waals surface area (Å²) in [6.07, 6.45) is 1.62. The number of nitrogens with one attached hydrogen (secondary N) is 1. The number of amides is 2. The van der Waals surface area contributed by atoms with Crippen LogP contribution >= 0.6 is 0 Å². The first-order valence-electron chi connectivity index (χ1n) is 8.77. The standard InChI is InChI=1S/C20H22N6O3/c1-13-4-3-5-18(26(22)20(27)25-21)16(13)12-29-19-23-11-10-17(24-19)14-6-8-15(28-2)9-7-14/h3-11H,12,21-22H2,1-2H3,(H,25,27). The van der Waals surface area contributed by atoms with Crippen LogP contribution in [0.1, 0.15) is 11.1 Å². The normalized spacial score (nSPS) is 10.3. The zero-order valence-electron chi connectivity index (χ0n) is 16.1. The van der Waals surface area contributed by atoms with E-state index in [1.165, 1.54) is 0 Å². The second-order valence-electron chi connectivity index (χ2n) is 6.13. The third-order valence-corrected chi connectivity index (χ3v) is 4.35. The number of nitrogens with two attached hydrogens (primary N) is 2. The number of benzene rings is 2. The molecule has 2 amide bonds. The van der Waals surface area contributed by atoms with E-state index in [2.05, 4.69) is 9.97 Å². The number of urea groups is 1. The highest BCUT2D eigenvalue weighted by Crippen LogP contribution is 2.25. The van der Waals surface area contributed by atoms with Crippen molar-refractivity contribution in [3.8, 4) is 23.0 Å². The number of carbonyl (C=O) groups excluding carboxylic acids is 1. The van der Waals surface area contributed by atoms with Crippen LogP contribution in [0.25, 0.3) is 11.3 Å². The Morgan fingerprint density at radius 1 is 1.17 bits per heavy atom. The smallest absolute Gasteiger partial charge is 0.350 e. The predicted molar refractivity (Wildman–Crippen MR) is 109 cm³/mol. The van der Waals surface area contributed by atoms with Crippen LogP contribution in [-0.2, 0) is 6.61 Å². The monoisotopic (exact) mass is 394 g/mol. The van der Waals surface area contributed by atoms with Gasteiger partial charge in [0.15, 0.2) is 0 Å². The molecule has 0 atom stereocenters. The minimum atomic E-state index is -0.644. The zero-order valence-corrected chi connectivity index (χ0v) is 16.1. The quantitative estimate of drug-likeness (QED) is 0.332. The molecule has 9 heteroatoms. The van der Waals surface area contributed by atoms with E-state index in [1.807, 2.05) is 42.7 Å². The van der Waals surface area contributed by atoms with Crippen molar-refractivity contribution in [1.82, 2.24) is 15.4 Å². The number of hydrogen-bond donors (Lipinski definition) is 3. The van der Waals surface area contributed by atoms with Crippen LogP contribution in [0, 0.1) is 6.92 Å². The first kappa shape index (κ1) is 20.1. The van der Waals surface area contributed by atoms with Crippen molar-refractivity contribution in [1.29, 1.82) is 0 Å². The number of carbonyl (C=O) groups is 1. The second kappa shape index (κ2) is 9.00. The number of rotatable bonds is 6. The minimum Gasteiger partial charge on any atom is -0.497 e. The molecule has 0 bridgehead atoms. The maximum absolute atomic E-state index is 11.8. The number of nitrogens with zero attached hydrogens (tertiary/aromatic N) is 3. The molecule has 3 aromatic rings. The van der Waals surface area contributed by atoms with Crippen LogP contribution in [0.5, 0.6) is 11.8 Å². The third kappa shape index (κ3) is 4.60. The van der Waals surface area contributed by atoms with Crippen molar-refractivity contribution in [2.45, 2.75) is 13.5 Å². The molecule has 0 spiro atoms. The van der Waals surface area contributed by atoms with E-state index in [4.69, 9.17) is 21.2 Å². The highest BCUT2D eigenvalue weighted by atomic mass is 16.5. The molecule has 0 saturated carbocycles. The molecular weight excluding hydrogens is 372 g/mol. The molecule has 0 aliphatic heterocycles. The Balaban J connectivity index is 1.81. The Morgan fingerprint density at radius 3 is 2.62 bits per heavy atom. The summed E-state index contributed by atoms with van der Waals surface area (Å²) in [5.74, 6) is 11.8. The Kier molecular flexibility index (Phi) is 6.22. The molecule has 29 heavy (non-hydrogen) atoms. The molecule has 3 rings (SSSR count). The van der Waals surface area contributed by atoms with E-state index in [1.54, 1.807) is 31.5 Å². The van der Waals surface area contributed by atoms with Gasteiger partial charge in [0.25, 0.3) is 0 Å². The summed E-state index contributed by atoms with van der Waals surface area (Å²) in [6.45, 7) is 2.02. The van der Waals surface area contributed by atoms with E-state index in [0.29, 0.717) is 11.4 Å². The lowest BCUT2D eigenvalue weighted by Gasteiger charge is -2.20. The molecule has 0 saturated heterocycles. The molecule has 2 aromatic carbocycles. The van der Waals surface area contributed by atoms with Gasteiger partial charge in [-0.05, 0) is 48.9 Å². The van der Waals surface area contributed by atoms with Gasteiger partial charge < -0.3 is 9.47 Å². The van der Waals surface area contributed by atoms with Crippen molar-refractivity contribution in [2.24, 2.45) is 11.7 Å². The van der Waals surface area contributed by atoms with Crippen LogP contribution < -0.4 is 31.6 Å². The molecular formula is C20H22N6O3. The van der Waals surface area contributed by atoms with Crippen LogP contribution in [0.3, 0.4) is 0 Å². The second-order valence-corrected chi connectivity index (χ2v) is 6.13. The van der Waals surface area contributed by atoms with Gasteiger partial charge in [-0.2, -0.15) is 4.98 Å². The van der Waals surface area contributed by atoms with Gasteiger partial charge >= 0.3 is 12.0 Å². The van der Waals surface area contributed by atoms with Crippen molar-refractivity contribution in [2.75, 3.05) is 12.1 Å². The first-order valence-corrected chi connectivity index (χ1v) is 8.77. The molecule has 0 unspecified atom stereocenters. The number of ether oxygens (including phenoxy) is 2. The van der Waals surface area contributed by atoms with Gasteiger partial charge in [0.05, 0.1) is 18.5 Å². The predicted octanol–water partition coefficient (Wildman–Crippen LogP) is 2.30. The van der Waals surface area contributed by atoms with Crippen LogP contribution in [0.2, 0.25) is 0 Å². The summed E-state index contributed by atoms with van der Waals surface area (Å²) in [4.78, 5) is 20.4. The summed E-state index contributed by atoms with van der Waals surface area (Å²) in [7, 11) is 1.62. The maximum atomic E-state index is 11.8. The van der Waals surface area contributed by atoms with E-state index in [0.717, 1.165) is 27.4 Å². The molecule has 5 N–H and O–H groups in total. The van der Waals surface area contributed by atoms with Crippen LogP contribution in [0.4, 0.5) is 10.5 Å². The minimum absolute atomic E-state index is 0.125. The average Bonchev–Trinajstić information content (AvgIpc) is 2.77. The lowest BCUT2D eigenvalue weighted by molar-refractivity contribution is 0.246. The number of aromatic nitrogens is 2. The van der Waals surface area contributed by atoms with Crippen LogP contribution in [0.15, 0.2) is 54.7 Å². The fourth-order valence-electron chi connectivity index (χ4n) is 2.75.